The third-order valence-electron chi connectivity index (χ3n) is 3.79. The molecule has 0 radical (unpaired) electrons. The summed E-state index contributed by atoms with van der Waals surface area (Å²) in [5.74, 6) is 0.0803. The van der Waals surface area contributed by atoms with E-state index in [2.05, 4.69) is 10.6 Å². The molecule has 1 fully saturated rings. The second kappa shape index (κ2) is 7.77. The summed E-state index contributed by atoms with van der Waals surface area (Å²) in [6.45, 7) is 3.76. The van der Waals surface area contributed by atoms with Gasteiger partial charge in [-0.1, -0.05) is 12.1 Å². The standard InChI is InChI=1S/C16H22FN3O2/c1-12(21)18-7-8-19-16(22)20-9-6-14(11-20)10-13-2-4-15(17)5-3-13/h2-5,14H,6-11H2,1H3,(H,18,21)(H,19,22). The van der Waals surface area contributed by atoms with Crippen LogP contribution in [-0.2, 0) is 11.2 Å². The van der Waals surface area contributed by atoms with Crippen LogP contribution in [0.4, 0.5) is 9.18 Å². The van der Waals surface area contributed by atoms with Crippen molar-refractivity contribution >= 4 is 11.9 Å². The monoisotopic (exact) mass is 307 g/mol. The first-order chi connectivity index (χ1) is 10.5. The summed E-state index contributed by atoms with van der Waals surface area (Å²) >= 11 is 0. The van der Waals surface area contributed by atoms with E-state index in [9.17, 15) is 14.0 Å². The van der Waals surface area contributed by atoms with E-state index in [0.29, 0.717) is 25.6 Å². The third kappa shape index (κ3) is 5.02. The molecule has 1 atom stereocenters. The van der Waals surface area contributed by atoms with Crippen molar-refractivity contribution in [2.45, 2.75) is 19.8 Å². The zero-order valence-corrected chi connectivity index (χ0v) is 12.8. The van der Waals surface area contributed by atoms with E-state index in [1.54, 1.807) is 17.0 Å². The average molecular weight is 307 g/mol. The van der Waals surface area contributed by atoms with Gasteiger partial charge < -0.3 is 15.5 Å². The molecule has 1 aromatic carbocycles. The van der Waals surface area contributed by atoms with Crippen LogP contribution >= 0.6 is 0 Å². The summed E-state index contributed by atoms with van der Waals surface area (Å²) in [7, 11) is 0. The van der Waals surface area contributed by atoms with Gasteiger partial charge in [-0.25, -0.2) is 9.18 Å². The van der Waals surface area contributed by atoms with Gasteiger partial charge in [0.2, 0.25) is 5.91 Å². The molecule has 2 N–H and O–H groups in total. The van der Waals surface area contributed by atoms with Crippen molar-refractivity contribution in [3.05, 3.63) is 35.6 Å². The fourth-order valence-electron chi connectivity index (χ4n) is 2.66. The lowest BCUT2D eigenvalue weighted by molar-refractivity contribution is -0.118. The Labute approximate surface area is 129 Å². The minimum atomic E-state index is -0.227. The van der Waals surface area contributed by atoms with E-state index in [1.165, 1.54) is 19.1 Å². The molecule has 3 amide bonds. The lowest BCUT2D eigenvalue weighted by Crippen LogP contribution is -2.41. The fraction of sp³-hybridized carbons (Fsp3) is 0.500. The molecule has 1 heterocycles. The number of likely N-dealkylation sites (tertiary alicyclic amines) is 1. The molecule has 0 spiro atoms. The average Bonchev–Trinajstić information content (AvgIpc) is 2.94. The van der Waals surface area contributed by atoms with E-state index in [1.807, 2.05) is 0 Å². The number of halogens is 1. The molecule has 5 nitrogen and oxygen atoms in total. The van der Waals surface area contributed by atoms with Crippen LogP contribution in [0.1, 0.15) is 18.9 Å². The number of carbonyl (C=O) groups is 2. The van der Waals surface area contributed by atoms with Gasteiger partial charge in [0.15, 0.2) is 0 Å². The number of hydrogen-bond donors (Lipinski definition) is 2. The molecule has 1 saturated heterocycles. The molecule has 1 unspecified atom stereocenters. The first-order valence-corrected chi connectivity index (χ1v) is 7.56. The van der Waals surface area contributed by atoms with E-state index in [0.717, 1.165) is 24.9 Å². The highest BCUT2D eigenvalue weighted by molar-refractivity contribution is 5.75. The van der Waals surface area contributed by atoms with Crippen LogP contribution in [0.25, 0.3) is 0 Å². The Morgan fingerprint density at radius 2 is 1.91 bits per heavy atom. The maximum absolute atomic E-state index is 12.9. The number of carbonyl (C=O) groups excluding carboxylic acids is 2. The zero-order chi connectivity index (χ0) is 15.9. The van der Waals surface area contributed by atoms with Crippen LogP contribution < -0.4 is 10.6 Å². The van der Waals surface area contributed by atoms with E-state index in [-0.39, 0.29) is 17.8 Å². The highest BCUT2D eigenvalue weighted by atomic mass is 19.1. The number of nitrogens with one attached hydrogen (secondary N) is 2. The summed E-state index contributed by atoms with van der Waals surface area (Å²) in [4.78, 5) is 24.5. The molecule has 2 rings (SSSR count). The number of benzene rings is 1. The van der Waals surface area contributed by atoms with Crippen LogP contribution in [-0.4, -0.2) is 43.0 Å². The Hall–Kier alpha value is -2.11. The molecule has 6 heteroatoms. The van der Waals surface area contributed by atoms with Gasteiger partial charge in [-0.2, -0.15) is 0 Å². The number of nitrogens with zero attached hydrogens (tertiary/aromatic N) is 1. The zero-order valence-electron chi connectivity index (χ0n) is 12.8. The van der Waals surface area contributed by atoms with Crippen LogP contribution in [0.15, 0.2) is 24.3 Å². The van der Waals surface area contributed by atoms with E-state index >= 15 is 0 Å². The molecular formula is C16H22FN3O2. The van der Waals surface area contributed by atoms with Crippen LogP contribution in [0.3, 0.4) is 0 Å². The molecule has 0 aromatic heterocycles. The van der Waals surface area contributed by atoms with Crippen molar-refractivity contribution in [3.63, 3.8) is 0 Å². The Kier molecular flexibility index (Phi) is 5.75. The summed E-state index contributed by atoms with van der Waals surface area (Å²) < 4.78 is 12.9. The van der Waals surface area contributed by atoms with Gasteiger partial charge in [-0.15, -0.1) is 0 Å². The lowest BCUT2D eigenvalue weighted by atomic mass is 9.99. The van der Waals surface area contributed by atoms with Gasteiger partial charge >= 0.3 is 6.03 Å². The lowest BCUT2D eigenvalue weighted by Gasteiger charge is -2.17. The van der Waals surface area contributed by atoms with Gasteiger partial charge in [-0.05, 0) is 36.5 Å². The first kappa shape index (κ1) is 16.3. The van der Waals surface area contributed by atoms with Crippen LogP contribution in [0.5, 0.6) is 0 Å². The number of urea groups is 1. The van der Waals surface area contributed by atoms with Crippen LogP contribution in [0.2, 0.25) is 0 Å². The Morgan fingerprint density at radius 3 is 2.59 bits per heavy atom. The predicted octanol–water partition coefficient (Wildman–Crippen LogP) is 1.54. The maximum Gasteiger partial charge on any atom is 0.317 e. The quantitative estimate of drug-likeness (QED) is 0.811. The highest BCUT2D eigenvalue weighted by Gasteiger charge is 2.26. The summed E-state index contributed by atoms with van der Waals surface area (Å²) in [5.41, 5.74) is 1.10. The van der Waals surface area contributed by atoms with Gasteiger partial charge in [0.1, 0.15) is 5.82 Å². The molecule has 1 aliphatic rings. The maximum atomic E-state index is 12.9. The Bertz CT molecular complexity index is 519. The summed E-state index contributed by atoms with van der Waals surface area (Å²) in [5, 5.41) is 5.43. The van der Waals surface area contributed by atoms with Crippen molar-refractivity contribution in [2.75, 3.05) is 26.2 Å². The molecule has 1 aromatic rings. The minimum absolute atomic E-state index is 0.0908. The Balaban J connectivity index is 1.71. The number of rotatable bonds is 5. The molecule has 0 bridgehead atoms. The predicted molar refractivity (Wildman–Crippen MR) is 81.9 cm³/mol. The van der Waals surface area contributed by atoms with E-state index < -0.39 is 0 Å². The first-order valence-electron chi connectivity index (χ1n) is 7.56. The van der Waals surface area contributed by atoms with Crippen LogP contribution in [0, 0.1) is 11.7 Å². The van der Waals surface area contributed by atoms with Gasteiger partial charge in [0.05, 0.1) is 0 Å². The summed E-state index contributed by atoms with van der Waals surface area (Å²) in [6.07, 6.45) is 1.81. The number of hydrogen-bond acceptors (Lipinski definition) is 2. The van der Waals surface area contributed by atoms with Crippen molar-refractivity contribution in [3.8, 4) is 0 Å². The summed E-state index contributed by atoms with van der Waals surface area (Å²) in [6, 6.07) is 6.44. The van der Waals surface area contributed by atoms with Crippen molar-refractivity contribution < 1.29 is 14.0 Å². The second-order valence-electron chi connectivity index (χ2n) is 5.65. The van der Waals surface area contributed by atoms with Gasteiger partial charge in [-0.3, -0.25) is 4.79 Å². The second-order valence-corrected chi connectivity index (χ2v) is 5.65. The smallest absolute Gasteiger partial charge is 0.317 e. The third-order valence-corrected chi connectivity index (χ3v) is 3.79. The molecular weight excluding hydrogens is 285 g/mol. The topological polar surface area (TPSA) is 61.4 Å². The molecule has 120 valence electrons. The fourth-order valence-corrected chi connectivity index (χ4v) is 2.66. The van der Waals surface area contributed by atoms with Crippen molar-refractivity contribution in [1.82, 2.24) is 15.5 Å². The van der Waals surface area contributed by atoms with Crippen molar-refractivity contribution in [1.29, 1.82) is 0 Å². The minimum Gasteiger partial charge on any atom is -0.355 e. The normalized spacial score (nSPS) is 17.4. The van der Waals surface area contributed by atoms with Crippen molar-refractivity contribution in [2.24, 2.45) is 5.92 Å². The molecule has 0 aliphatic carbocycles. The molecule has 22 heavy (non-hydrogen) atoms. The Morgan fingerprint density at radius 1 is 1.23 bits per heavy atom. The largest absolute Gasteiger partial charge is 0.355 e. The molecule has 1 aliphatic heterocycles. The molecule has 0 saturated carbocycles. The highest BCUT2D eigenvalue weighted by Crippen LogP contribution is 2.21. The number of amides is 3. The van der Waals surface area contributed by atoms with Gasteiger partial charge in [0, 0.05) is 33.1 Å². The SMILES string of the molecule is CC(=O)NCCNC(=O)N1CCC(Cc2ccc(F)cc2)C1. The van der Waals surface area contributed by atoms with E-state index in [4.69, 9.17) is 0 Å². The van der Waals surface area contributed by atoms with Gasteiger partial charge in [0.25, 0.3) is 0 Å².